The van der Waals surface area contributed by atoms with Gasteiger partial charge >= 0.3 is 6.18 Å². The van der Waals surface area contributed by atoms with Crippen molar-refractivity contribution < 1.29 is 17.6 Å². The van der Waals surface area contributed by atoms with Crippen LogP contribution in [0.5, 0.6) is 0 Å². The number of aromatic amines is 1. The molecule has 4 rings (SSSR count). The first-order valence-corrected chi connectivity index (χ1v) is 12.5. The normalized spacial score (nSPS) is 21.8. The van der Waals surface area contributed by atoms with Crippen LogP contribution in [0.25, 0.3) is 11.3 Å². The summed E-state index contributed by atoms with van der Waals surface area (Å²) in [7, 11) is 0. The van der Waals surface area contributed by atoms with E-state index in [2.05, 4.69) is 31.7 Å². The number of anilines is 1. The van der Waals surface area contributed by atoms with Crippen LogP contribution in [0.4, 0.5) is 23.4 Å². The van der Waals surface area contributed by atoms with Crippen molar-refractivity contribution in [2.45, 2.75) is 58.7 Å². The largest absolute Gasteiger partial charge is 0.419 e. The third kappa shape index (κ3) is 7.90. The van der Waals surface area contributed by atoms with Crippen molar-refractivity contribution in [1.82, 2.24) is 24.8 Å². The third-order valence-electron chi connectivity index (χ3n) is 6.76. The van der Waals surface area contributed by atoms with E-state index >= 15 is 0 Å². The van der Waals surface area contributed by atoms with Crippen molar-refractivity contribution >= 4 is 5.82 Å². The molecule has 2 aromatic rings. The fourth-order valence-corrected chi connectivity index (χ4v) is 4.83. The SMILES string of the molecule is CC(C)Cc1ncc(-c2cnc(N)c(C(F)(F)F)c2)[nH]1.CC1CCC(N2CCN(CCF)CC2)C1. The highest BCUT2D eigenvalue weighted by Crippen LogP contribution is 2.34. The molecule has 0 spiro atoms. The van der Waals surface area contributed by atoms with Gasteiger partial charge in [-0.25, -0.2) is 14.4 Å². The number of aromatic nitrogens is 3. The number of hydrogen-bond donors (Lipinski definition) is 2. The minimum atomic E-state index is -4.52. The van der Waals surface area contributed by atoms with E-state index in [0.29, 0.717) is 23.7 Å². The van der Waals surface area contributed by atoms with E-state index in [-0.39, 0.29) is 6.67 Å². The van der Waals surface area contributed by atoms with Gasteiger partial charge in [-0.1, -0.05) is 20.8 Å². The first-order chi connectivity index (χ1) is 16.6. The summed E-state index contributed by atoms with van der Waals surface area (Å²) in [4.78, 5) is 15.6. The first-order valence-electron chi connectivity index (χ1n) is 12.5. The van der Waals surface area contributed by atoms with Crippen molar-refractivity contribution in [1.29, 1.82) is 0 Å². The van der Waals surface area contributed by atoms with E-state index in [0.717, 1.165) is 56.5 Å². The molecule has 1 saturated carbocycles. The van der Waals surface area contributed by atoms with Gasteiger partial charge in [0.2, 0.25) is 0 Å². The fourth-order valence-electron chi connectivity index (χ4n) is 4.83. The first kappa shape index (κ1) is 27.4. The number of nitrogens with two attached hydrogens (primary N) is 1. The molecule has 3 N–H and O–H groups in total. The lowest BCUT2D eigenvalue weighted by atomic mass is 10.1. The predicted molar refractivity (Wildman–Crippen MR) is 131 cm³/mol. The number of nitrogen functional groups attached to an aromatic ring is 1. The number of imidazole rings is 1. The molecular formula is C25H38F4N6. The number of halogens is 4. The Morgan fingerprint density at radius 2 is 1.83 bits per heavy atom. The molecule has 0 aromatic carbocycles. The van der Waals surface area contributed by atoms with Crippen molar-refractivity contribution in [3.63, 3.8) is 0 Å². The Kier molecular flexibility index (Phi) is 9.52. The zero-order chi connectivity index (χ0) is 25.6. The molecule has 0 amide bonds. The molecule has 2 atom stereocenters. The van der Waals surface area contributed by atoms with Crippen LogP contribution in [0.3, 0.4) is 0 Å². The van der Waals surface area contributed by atoms with Gasteiger partial charge < -0.3 is 10.7 Å². The lowest BCUT2D eigenvalue weighted by Crippen LogP contribution is -2.50. The Bertz CT molecular complexity index is 921. The molecule has 10 heteroatoms. The summed E-state index contributed by atoms with van der Waals surface area (Å²) in [6, 6.07) is 1.81. The van der Waals surface area contributed by atoms with Crippen molar-refractivity contribution in [2.24, 2.45) is 11.8 Å². The summed E-state index contributed by atoms with van der Waals surface area (Å²) in [5.74, 6) is 1.53. The average molecular weight is 499 g/mol. The molecule has 2 unspecified atom stereocenters. The van der Waals surface area contributed by atoms with Crippen molar-refractivity contribution in [3.8, 4) is 11.3 Å². The second-order valence-corrected chi connectivity index (χ2v) is 10.1. The molecule has 2 fully saturated rings. The minimum absolute atomic E-state index is 0.194. The van der Waals surface area contributed by atoms with Gasteiger partial charge in [0, 0.05) is 56.9 Å². The van der Waals surface area contributed by atoms with Crippen LogP contribution in [-0.4, -0.2) is 70.2 Å². The van der Waals surface area contributed by atoms with Crippen LogP contribution in [0.2, 0.25) is 0 Å². The zero-order valence-corrected chi connectivity index (χ0v) is 20.9. The highest BCUT2D eigenvalue weighted by atomic mass is 19.4. The second kappa shape index (κ2) is 12.2. The van der Waals surface area contributed by atoms with Gasteiger partial charge in [0.15, 0.2) is 0 Å². The summed E-state index contributed by atoms with van der Waals surface area (Å²) in [6.07, 6.45) is 3.17. The van der Waals surface area contributed by atoms with Crippen LogP contribution >= 0.6 is 0 Å². The molecular weight excluding hydrogens is 460 g/mol. The summed E-state index contributed by atoms with van der Waals surface area (Å²) in [5, 5.41) is 0. The third-order valence-corrected chi connectivity index (χ3v) is 6.76. The van der Waals surface area contributed by atoms with Crippen LogP contribution in [0, 0.1) is 11.8 Å². The molecule has 35 heavy (non-hydrogen) atoms. The monoisotopic (exact) mass is 498 g/mol. The fraction of sp³-hybridized carbons (Fsp3) is 0.680. The minimum Gasteiger partial charge on any atom is -0.383 e. The second-order valence-electron chi connectivity index (χ2n) is 10.1. The molecule has 2 aromatic heterocycles. The molecule has 1 aliphatic heterocycles. The molecule has 0 radical (unpaired) electrons. The zero-order valence-electron chi connectivity index (χ0n) is 20.9. The van der Waals surface area contributed by atoms with Gasteiger partial charge in [0.25, 0.3) is 0 Å². The number of pyridine rings is 1. The highest BCUT2D eigenvalue weighted by Gasteiger charge is 2.34. The number of nitrogens with one attached hydrogen (secondary N) is 1. The van der Waals surface area contributed by atoms with Crippen molar-refractivity contribution in [2.75, 3.05) is 45.1 Å². The Hall–Kier alpha value is -2.20. The molecule has 0 bridgehead atoms. The maximum Gasteiger partial charge on any atom is 0.419 e. The van der Waals surface area contributed by atoms with Gasteiger partial charge in [-0.3, -0.25) is 9.80 Å². The summed E-state index contributed by atoms with van der Waals surface area (Å²) >= 11 is 0. The number of alkyl halides is 4. The van der Waals surface area contributed by atoms with E-state index in [9.17, 15) is 17.6 Å². The van der Waals surface area contributed by atoms with Crippen LogP contribution in [0.1, 0.15) is 51.4 Å². The van der Waals surface area contributed by atoms with E-state index in [1.807, 2.05) is 13.8 Å². The summed E-state index contributed by atoms with van der Waals surface area (Å²) < 4.78 is 50.5. The molecule has 2 aliphatic rings. The van der Waals surface area contributed by atoms with Crippen LogP contribution in [0.15, 0.2) is 18.5 Å². The van der Waals surface area contributed by atoms with E-state index in [1.165, 1.54) is 31.7 Å². The lowest BCUT2D eigenvalue weighted by Gasteiger charge is -2.37. The maximum atomic E-state index is 12.8. The number of nitrogens with zero attached hydrogens (tertiary/aromatic N) is 4. The lowest BCUT2D eigenvalue weighted by molar-refractivity contribution is -0.137. The van der Waals surface area contributed by atoms with E-state index < -0.39 is 17.6 Å². The van der Waals surface area contributed by atoms with Crippen LogP contribution < -0.4 is 5.73 Å². The molecule has 6 nitrogen and oxygen atoms in total. The van der Waals surface area contributed by atoms with Crippen LogP contribution in [-0.2, 0) is 12.6 Å². The van der Waals surface area contributed by atoms with Crippen molar-refractivity contribution in [3.05, 3.63) is 29.8 Å². The Morgan fingerprint density at radius 1 is 1.11 bits per heavy atom. The maximum absolute atomic E-state index is 12.8. The van der Waals surface area contributed by atoms with Gasteiger partial charge in [0.05, 0.1) is 17.5 Å². The van der Waals surface area contributed by atoms with Gasteiger partial charge in [-0.2, -0.15) is 13.2 Å². The molecule has 196 valence electrons. The molecule has 1 saturated heterocycles. The van der Waals surface area contributed by atoms with E-state index in [4.69, 9.17) is 5.73 Å². The topological polar surface area (TPSA) is 74.1 Å². The van der Waals surface area contributed by atoms with Gasteiger partial charge in [-0.15, -0.1) is 0 Å². The quantitative estimate of drug-likeness (QED) is 0.547. The summed E-state index contributed by atoms with van der Waals surface area (Å²) in [5.41, 5.74) is 5.15. The Labute approximate surface area is 205 Å². The highest BCUT2D eigenvalue weighted by molar-refractivity contribution is 5.61. The molecule has 3 heterocycles. The van der Waals surface area contributed by atoms with Gasteiger partial charge in [0.1, 0.15) is 18.3 Å². The smallest absolute Gasteiger partial charge is 0.383 e. The van der Waals surface area contributed by atoms with Gasteiger partial charge in [-0.05, 0) is 37.2 Å². The Morgan fingerprint density at radius 3 is 2.40 bits per heavy atom. The number of H-pyrrole nitrogens is 1. The standard InChI is InChI=1S/C13H15F3N4.C12H23FN2/c1-7(2)3-11-18-6-10(20-11)8-4-9(13(14,15)16)12(17)19-5-8;1-11-2-3-12(10-11)15-8-6-14(5-4-13)7-9-15/h4-7H,3H2,1-2H3,(H2,17,19)(H,18,20);11-12H,2-10H2,1H3. The number of rotatable bonds is 6. The Balaban J connectivity index is 0.000000203. The summed E-state index contributed by atoms with van der Waals surface area (Å²) in [6.45, 7) is 11.3. The molecule has 1 aliphatic carbocycles. The number of piperazine rings is 1. The predicted octanol–water partition coefficient (Wildman–Crippen LogP) is 5.03. The number of hydrogen-bond acceptors (Lipinski definition) is 5. The average Bonchev–Trinajstić information content (AvgIpc) is 3.43. The van der Waals surface area contributed by atoms with E-state index in [1.54, 1.807) is 0 Å².